The fourth-order valence-corrected chi connectivity index (χ4v) is 4.29. The number of pyridine rings is 1. The molecule has 1 aliphatic rings. The van der Waals surface area contributed by atoms with Gasteiger partial charge in [0.2, 0.25) is 5.91 Å². The maximum Gasteiger partial charge on any atom is 0.269 e. The van der Waals surface area contributed by atoms with Gasteiger partial charge in [-0.25, -0.2) is 4.98 Å². The summed E-state index contributed by atoms with van der Waals surface area (Å²) < 4.78 is 7.93. The Morgan fingerprint density at radius 2 is 1.91 bits per heavy atom. The molecule has 4 aromatic rings. The lowest BCUT2D eigenvalue weighted by Crippen LogP contribution is -2.37. The van der Waals surface area contributed by atoms with Gasteiger partial charge < -0.3 is 15.1 Å². The third kappa shape index (κ3) is 3.79. The van der Waals surface area contributed by atoms with Crippen molar-refractivity contribution in [2.24, 2.45) is 0 Å². The van der Waals surface area contributed by atoms with Crippen LogP contribution in [0.2, 0.25) is 0 Å². The van der Waals surface area contributed by atoms with E-state index >= 15 is 0 Å². The number of furan rings is 1. The third-order valence-electron chi connectivity index (χ3n) is 6.15. The summed E-state index contributed by atoms with van der Waals surface area (Å²) in [7, 11) is 0. The Morgan fingerprint density at radius 3 is 2.58 bits per heavy atom. The second kappa shape index (κ2) is 8.05. The van der Waals surface area contributed by atoms with Crippen molar-refractivity contribution in [1.82, 2.24) is 19.7 Å². The zero-order valence-electron chi connectivity index (χ0n) is 18.0. The molecule has 0 saturated carbocycles. The average Bonchev–Trinajstić information content (AvgIpc) is 3.48. The van der Waals surface area contributed by atoms with Gasteiger partial charge in [-0.3, -0.25) is 19.6 Å². The van der Waals surface area contributed by atoms with E-state index in [0.717, 1.165) is 42.4 Å². The molecule has 10 nitrogen and oxygen atoms in total. The molecule has 0 radical (unpaired) electrons. The van der Waals surface area contributed by atoms with Crippen LogP contribution in [0.1, 0.15) is 25.8 Å². The van der Waals surface area contributed by atoms with Gasteiger partial charge in [0, 0.05) is 66.6 Å². The molecule has 0 aliphatic carbocycles. The van der Waals surface area contributed by atoms with Crippen molar-refractivity contribution in [2.75, 3.05) is 18.8 Å². The number of rotatable bonds is 4. The molecule has 33 heavy (non-hydrogen) atoms. The first-order valence-corrected chi connectivity index (χ1v) is 10.6. The van der Waals surface area contributed by atoms with E-state index in [4.69, 9.17) is 10.2 Å². The second-order valence-corrected chi connectivity index (χ2v) is 8.16. The largest absolute Gasteiger partial charge is 0.452 e. The number of carbonyl (C=O) groups excluding carboxylic acids is 1. The van der Waals surface area contributed by atoms with Crippen molar-refractivity contribution in [3.05, 3.63) is 59.0 Å². The number of piperidine rings is 1. The second-order valence-electron chi connectivity index (χ2n) is 8.16. The van der Waals surface area contributed by atoms with Crippen molar-refractivity contribution in [2.45, 2.75) is 25.8 Å². The maximum absolute atomic E-state index is 11.6. The summed E-state index contributed by atoms with van der Waals surface area (Å²) in [6, 6.07) is 8.26. The van der Waals surface area contributed by atoms with E-state index in [2.05, 4.69) is 10.1 Å². The Morgan fingerprint density at radius 1 is 1.18 bits per heavy atom. The molecule has 5 rings (SSSR count). The van der Waals surface area contributed by atoms with E-state index in [-0.39, 0.29) is 23.5 Å². The van der Waals surface area contributed by atoms with E-state index in [1.54, 1.807) is 31.5 Å². The van der Waals surface area contributed by atoms with Crippen LogP contribution < -0.4 is 5.73 Å². The molecule has 10 heteroatoms. The van der Waals surface area contributed by atoms with Crippen LogP contribution in [-0.4, -0.2) is 43.6 Å². The van der Waals surface area contributed by atoms with Gasteiger partial charge in [0.05, 0.1) is 17.2 Å². The number of nitrogens with zero attached hydrogens (tertiary/aromatic N) is 5. The lowest BCUT2D eigenvalue weighted by Gasteiger charge is -2.31. The molecule has 1 fully saturated rings. The summed E-state index contributed by atoms with van der Waals surface area (Å²) in [5.74, 6) is 0.921. The topological polar surface area (TPSA) is 133 Å². The predicted molar refractivity (Wildman–Crippen MR) is 122 cm³/mol. The predicted octanol–water partition coefficient (Wildman–Crippen LogP) is 4.03. The number of nitro benzene ring substituents is 1. The summed E-state index contributed by atoms with van der Waals surface area (Å²) in [4.78, 5) is 28.2. The highest BCUT2D eigenvalue weighted by Gasteiger charge is 2.23. The van der Waals surface area contributed by atoms with Crippen LogP contribution in [0.15, 0.2) is 53.3 Å². The van der Waals surface area contributed by atoms with Crippen molar-refractivity contribution in [1.29, 1.82) is 0 Å². The molecule has 1 saturated heterocycles. The summed E-state index contributed by atoms with van der Waals surface area (Å²) >= 11 is 0. The smallest absolute Gasteiger partial charge is 0.269 e. The minimum Gasteiger partial charge on any atom is -0.452 e. The minimum absolute atomic E-state index is 0.0123. The Kier molecular flexibility index (Phi) is 5.04. The Labute approximate surface area is 188 Å². The first kappa shape index (κ1) is 20.7. The van der Waals surface area contributed by atoms with Crippen molar-refractivity contribution in [3.63, 3.8) is 0 Å². The minimum atomic E-state index is -0.440. The van der Waals surface area contributed by atoms with Gasteiger partial charge >= 0.3 is 0 Å². The van der Waals surface area contributed by atoms with Gasteiger partial charge in [-0.15, -0.1) is 0 Å². The van der Waals surface area contributed by atoms with E-state index in [1.807, 2.05) is 21.8 Å². The van der Waals surface area contributed by atoms with Crippen molar-refractivity contribution in [3.8, 4) is 22.5 Å². The molecule has 1 aliphatic heterocycles. The number of carbonyl (C=O) groups is 1. The Bertz CT molecular complexity index is 1350. The molecule has 4 heterocycles. The number of amides is 1. The zero-order chi connectivity index (χ0) is 23.1. The molecular formula is C23H22N6O4. The zero-order valence-corrected chi connectivity index (χ0v) is 18.0. The highest BCUT2D eigenvalue weighted by molar-refractivity contribution is 6.00. The van der Waals surface area contributed by atoms with Crippen LogP contribution in [0.5, 0.6) is 0 Å². The van der Waals surface area contributed by atoms with Crippen LogP contribution in [0.3, 0.4) is 0 Å². The monoisotopic (exact) mass is 446 g/mol. The normalized spacial score (nSPS) is 14.6. The summed E-state index contributed by atoms with van der Waals surface area (Å²) in [5, 5.41) is 16.3. The molecule has 3 aromatic heterocycles. The van der Waals surface area contributed by atoms with E-state index in [1.165, 1.54) is 12.1 Å². The molecule has 1 aromatic carbocycles. The lowest BCUT2D eigenvalue weighted by atomic mass is 10.0. The number of likely N-dealkylation sites (tertiary alicyclic amines) is 1. The highest BCUT2D eigenvalue weighted by atomic mass is 16.6. The standard InChI is InChI=1S/C23H22N6O4/c1-14(30)27-8-6-17(7-9-27)28-13-16(11-26-28)20-12-25-23(24)22-19(20)10-21(33-22)15-2-4-18(5-3-15)29(31)32/h2-5,10-13,17H,6-9H2,1H3,(H2,24,25). The lowest BCUT2D eigenvalue weighted by molar-refractivity contribution is -0.384. The average molecular weight is 446 g/mol. The first-order chi connectivity index (χ1) is 15.9. The van der Waals surface area contributed by atoms with Gasteiger partial charge in [0.1, 0.15) is 5.76 Å². The van der Waals surface area contributed by atoms with Gasteiger partial charge in [-0.2, -0.15) is 5.10 Å². The number of nitro groups is 1. The number of aromatic nitrogens is 3. The summed E-state index contributed by atoms with van der Waals surface area (Å²) in [6.07, 6.45) is 7.19. The van der Waals surface area contributed by atoms with Crippen LogP contribution >= 0.6 is 0 Å². The SMILES string of the molecule is CC(=O)N1CCC(n2cc(-c3cnc(N)c4oc(-c5ccc([N+](=O)[O-])cc5)cc34)cn2)CC1. The number of hydrogen-bond donors (Lipinski definition) is 1. The molecule has 0 bridgehead atoms. The molecule has 0 atom stereocenters. The molecule has 1 amide bonds. The number of nitrogen functional groups attached to an aromatic ring is 1. The van der Waals surface area contributed by atoms with Crippen LogP contribution in [0, 0.1) is 10.1 Å². The van der Waals surface area contributed by atoms with E-state index in [0.29, 0.717) is 16.9 Å². The number of fused-ring (bicyclic) bond motifs is 1. The van der Waals surface area contributed by atoms with Gasteiger partial charge in [0.25, 0.3) is 5.69 Å². The number of non-ortho nitro benzene ring substituents is 1. The third-order valence-corrected chi connectivity index (χ3v) is 6.15. The van der Waals surface area contributed by atoms with Crippen molar-refractivity contribution < 1.29 is 14.1 Å². The number of hydrogen-bond acceptors (Lipinski definition) is 7. The molecule has 0 unspecified atom stereocenters. The van der Waals surface area contributed by atoms with Gasteiger partial charge in [-0.05, 0) is 31.0 Å². The maximum atomic E-state index is 11.6. The van der Waals surface area contributed by atoms with Crippen LogP contribution in [0.25, 0.3) is 33.4 Å². The number of nitrogens with two attached hydrogens (primary N) is 1. The summed E-state index contributed by atoms with van der Waals surface area (Å²) in [5.41, 5.74) is 8.97. The molecule has 2 N–H and O–H groups in total. The Hall–Kier alpha value is -4.21. The quantitative estimate of drug-likeness (QED) is 0.369. The molecule has 0 spiro atoms. The van der Waals surface area contributed by atoms with Gasteiger partial charge in [0.15, 0.2) is 11.4 Å². The fraction of sp³-hybridized carbons (Fsp3) is 0.261. The molecule has 168 valence electrons. The van der Waals surface area contributed by atoms with Crippen LogP contribution in [0.4, 0.5) is 11.5 Å². The van der Waals surface area contributed by atoms with E-state index < -0.39 is 4.92 Å². The number of benzene rings is 1. The fourth-order valence-electron chi connectivity index (χ4n) is 4.29. The van der Waals surface area contributed by atoms with E-state index in [9.17, 15) is 14.9 Å². The Balaban J connectivity index is 1.46. The summed E-state index contributed by atoms with van der Waals surface area (Å²) in [6.45, 7) is 3.05. The van der Waals surface area contributed by atoms with Crippen LogP contribution in [-0.2, 0) is 4.79 Å². The van der Waals surface area contributed by atoms with Gasteiger partial charge in [-0.1, -0.05) is 0 Å². The molecular weight excluding hydrogens is 424 g/mol. The highest BCUT2D eigenvalue weighted by Crippen LogP contribution is 2.37. The first-order valence-electron chi connectivity index (χ1n) is 10.6. The number of anilines is 1. The van der Waals surface area contributed by atoms with Crippen molar-refractivity contribution >= 4 is 28.4 Å².